The highest BCUT2D eigenvalue weighted by molar-refractivity contribution is 5.86. The summed E-state index contributed by atoms with van der Waals surface area (Å²) in [4.78, 5) is 24.6. The molecule has 3 N–H and O–H groups in total. The van der Waals surface area contributed by atoms with Gasteiger partial charge in [-0.1, -0.05) is 6.58 Å². The van der Waals surface area contributed by atoms with Gasteiger partial charge in [-0.25, -0.2) is 5.48 Å². The van der Waals surface area contributed by atoms with E-state index in [0.717, 1.165) is 6.08 Å². The van der Waals surface area contributed by atoms with Crippen LogP contribution in [0.4, 0.5) is 0 Å². The SMILES string of the molecule is C=CC(=O)NOCC(N)=O. The van der Waals surface area contributed by atoms with E-state index in [2.05, 4.69) is 17.2 Å². The molecule has 0 aliphatic rings. The second kappa shape index (κ2) is 4.51. The second-order valence-electron chi connectivity index (χ2n) is 1.43. The molecule has 0 radical (unpaired) electrons. The van der Waals surface area contributed by atoms with Crippen molar-refractivity contribution in [2.45, 2.75) is 0 Å². The first-order chi connectivity index (χ1) is 4.66. The van der Waals surface area contributed by atoms with Crippen molar-refractivity contribution in [3.8, 4) is 0 Å². The summed E-state index contributed by atoms with van der Waals surface area (Å²) in [6, 6.07) is 0. The van der Waals surface area contributed by atoms with Crippen LogP contribution in [0.5, 0.6) is 0 Å². The highest BCUT2D eigenvalue weighted by Gasteiger charge is 1.95. The Morgan fingerprint density at radius 1 is 1.70 bits per heavy atom. The lowest BCUT2D eigenvalue weighted by molar-refractivity contribution is -0.134. The maximum Gasteiger partial charge on any atom is 0.266 e. The quantitative estimate of drug-likeness (QED) is 0.380. The third-order valence-electron chi connectivity index (χ3n) is 0.573. The van der Waals surface area contributed by atoms with E-state index >= 15 is 0 Å². The van der Waals surface area contributed by atoms with Gasteiger partial charge in [0.2, 0.25) is 5.91 Å². The molecule has 10 heavy (non-hydrogen) atoms. The number of carbonyl (C=O) groups excluding carboxylic acids is 2. The second-order valence-corrected chi connectivity index (χ2v) is 1.43. The molecular weight excluding hydrogens is 136 g/mol. The molecule has 0 unspecified atom stereocenters. The minimum atomic E-state index is -0.649. The fourth-order valence-corrected chi connectivity index (χ4v) is 0.220. The Morgan fingerprint density at radius 2 is 2.30 bits per heavy atom. The molecule has 0 bridgehead atoms. The number of primary amides is 1. The molecule has 56 valence electrons. The zero-order chi connectivity index (χ0) is 7.98. The molecule has 0 aromatic heterocycles. The predicted octanol–water partition coefficient (Wildman–Crippen LogP) is -1.29. The number of amides is 2. The van der Waals surface area contributed by atoms with Gasteiger partial charge in [0.05, 0.1) is 0 Å². The standard InChI is InChI=1S/C5H8N2O3/c1-2-5(9)7-10-3-4(6)8/h2H,1,3H2,(H2,6,8)(H,7,9). The van der Waals surface area contributed by atoms with Gasteiger partial charge in [0, 0.05) is 0 Å². The fourth-order valence-electron chi connectivity index (χ4n) is 0.220. The van der Waals surface area contributed by atoms with Crippen molar-refractivity contribution in [1.29, 1.82) is 0 Å². The van der Waals surface area contributed by atoms with Crippen molar-refractivity contribution < 1.29 is 14.4 Å². The van der Waals surface area contributed by atoms with E-state index in [1.54, 1.807) is 0 Å². The van der Waals surface area contributed by atoms with Gasteiger partial charge in [-0.05, 0) is 6.08 Å². The van der Waals surface area contributed by atoms with E-state index in [9.17, 15) is 9.59 Å². The summed E-state index contributed by atoms with van der Waals surface area (Å²) in [6.07, 6.45) is 1.01. The molecule has 0 aromatic carbocycles. The normalized spacial score (nSPS) is 8.40. The van der Waals surface area contributed by atoms with Crippen LogP contribution in [0.15, 0.2) is 12.7 Å². The third kappa shape index (κ3) is 4.79. The average Bonchev–Trinajstić information content (AvgIpc) is 1.87. The van der Waals surface area contributed by atoms with Crippen molar-refractivity contribution in [2.75, 3.05) is 6.61 Å². The zero-order valence-corrected chi connectivity index (χ0v) is 5.29. The summed E-state index contributed by atoms with van der Waals surface area (Å²) in [5, 5.41) is 0. The minimum Gasteiger partial charge on any atom is -0.368 e. The van der Waals surface area contributed by atoms with Crippen molar-refractivity contribution >= 4 is 11.8 Å². The molecule has 0 aliphatic carbocycles. The first kappa shape index (κ1) is 8.64. The Morgan fingerprint density at radius 3 is 2.70 bits per heavy atom. The minimum absolute atomic E-state index is 0.334. The van der Waals surface area contributed by atoms with Gasteiger partial charge in [-0.3, -0.25) is 14.4 Å². The molecule has 0 saturated carbocycles. The van der Waals surface area contributed by atoms with Crippen molar-refractivity contribution in [3.05, 3.63) is 12.7 Å². The molecule has 5 heteroatoms. The number of nitrogens with one attached hydrogen (secondary N) is 1. The van der Waals surface area contributed by atoms with Crippen LogP contribution in [0.3, 0.4) is 0 Å². The summed E-state index contributed by atoms with van der Waals surface area (Å²) in [5.41, 5.74) is 6.58. The number of carbonyl (C=O) groups is 2. The Kier molecular flexibility index (Phi) is 3.90. The van der Waals surface area contributed by atoms with Gasteiger partial charge < -0.3 is 5.73 Å². The highest BCUT2D eigenvalue weighted by atomic mass is 16.7. The van der Waals surface area contributed by atoms with Gasteiger partial charge in [-0.2, -0.15) is 0 Å². The van der Waals surface area contributed by atoms with Crippen LogP contribution in [-0.4, -0.2) is 18.4 Å². The average molecular weight is 144 g/mol. The topological polar surface area (TPSA) is 81.4 Å². The van der Waals surface area contributed by atoms with E-state index in [1.165, 1.54) is 0 Å². The molecule has 0 aromatic rings. The number of hydrogen-bond donors (Lipinski definition) is 2. The van der Waals surface area contributed by atoms with E-state index < -0.39 is 11.8 Å². The first-order valence-corrected chi connectivity index (χ1v) is 2.49. The molecule has 0 rings (SSSR count). The Bertz CT molecular complexity index is 155. The van der Waals surface area contributed by atoms with Crippen LogP contribution in [0, 0.1) is 0 Å². The molecule has 0 heterocycles. The first-order valence-electron chi connectivity index (χ1n) is 2.49. The summed E-state index contributed by atoms with van der Waals surface area (Å²) < 4.78 is 0. The predicted molar refractivity (Wildman–Crippen MR) is 33.5 cm³/mol. The summed E-state index contributed by atoms with van der Waals surface area (Å²) >= 11 is 0. The number of nitrogens with two attached hydrogens (primary N) is 1. The molecule has 5 nitrogen and oxygen atoms in total. The Balaban J connectivity index is 3.28. The largest absolute Gasteiger partial charge is 0.368 e. The smallest absolute Gasteiger partial charge is 0.266 e. The van der Waals surface area contributed by atoms with Crippen LogP contribution >= 0.6 is 0 Å². The lowest BCUT2D eigenvalue weighted by Crippen LogP contribution is -2.27. The molecule has 2 amide bonds. The van der Waals surface area contributed by atoms with Gasteiger partial charge in [0.1, 0.15) is 0 Å². The number of hydrogen-bond acceptors (Lipinski definition) is 3. The van der Waals surface area contributed by atoms with Gasteiger partial charge >= 0.3 is 0 Å². The lowest BCUT2D eigenvalue weighted by Gasteiger charge is -1.98. The summed E-state index contributed by atoms with van der Waals surface area (Å²) in [5.74, 6) is -1.16. The highest BCUT2D eigenvalue weighted by Crippen LogP contribution is 1.68. The van der Waals surface area contributed by atoms with E-state index in [1.807, 2.05) is 5.48 Å². The third-order valence-corrected chi connectivity index (χ3v) is 0.573. The van der Waals surface area contributed by atoms with E-state index in [-0.39, 0.29) is 6.61 Å². The molecule has 0 atom stereocenters. The van der Waals surface area contributed by atoms with Crippen molar-refractivity contribution in [3.63, 3.8) is 0 Å². The number of hydroxylamine groups is 1. The summed E-state index contributed by atoms with van der Waals surface area (Å²) in [7, 11) is 0. The van der Waals surface area contributed by atoms with Gasteiger partial charge in [-0.15, -0.1) is 0 Å². The molecule has 0 aliphatic heterocycles. The fraction of sp³-hybridized carbons (Fsp3) is 0.200. The van der Waals surface area contributed by atoms with Crippen LogP contribution in [0.2, 0.25) is 0 Å². The monoisotopic (exact) mass is 144 g/mol. The van der Waals surface area contributed by atoms with Gasteiger partial charge in [0.25, 0.3) is 5.91 Å². The van der Waals surface area contributed by atoms with Crippen LogP contribution < -0.4 is 11.2 Å². The lowest BCUT2D eigenvalue weighted by atomic mass is 10.6. The maximum absolute atomic E-state index is 10.3. The van der Waals surface area contributed by atoms with Crippen LogP contribution in [0.1, 0.15) is 0 Å². The van der Waals surface area contributed by atoms with Crippen LogP contribution in [-0.2, 0) is 14.4 Å². The van der Waals surface area contributed by atoms with Crippen molar-refractivity contribution in [2.24, 2.45) is 5.73 Å². The van der Waals surface area contributed by atoms with E-state index in [0.29, 0.717) is 0 Å². The van der Waals surface area contributed by atoms with Crippen LogP contribution in [0.25, 0.3) is 0 Å². The maximum atomic E-state index is 10.3. The van der Waals surface area contributed by atoms with Gasteiger partial charge in [0.15, 0.2) is 6.61 Å². The molecule has 0 fully saturated rings. The number of rotatable bonds is 4. The van der Waals surface area contributed by atoms with Crippen molar-refractivity contribution in [1.82, 2.24) is 5.48 Å². The summed E-state index contributed by atoms with van der Waals surface area (Å²) in [6.45, 7) is 2.82. The Labute approximate surface area is 57.8 Å². The Hall–Kier alpha value is -1.36. The molecule has 0 spiro atoms. The zero-order valence-electron chi connectivity index (χ0n) is 5.29. The molecule has 0 saturated heterocycles. The molecular formula is C5H8N2O3. The van der Waals surface area contributed by atoms with E-state index in [4.69, 9.17) is 0 Å².